The van der Waals surface area contributed by atoms with E-state index < -0.39 is 0 Å². The van der Waals surface area contributed by atoms with Crippen molar-refractivity contribution in [1.82, 2.24) is 5.43 Å². The normalized spacial score (nSPS) is 18.2. The summed E-state index contributed by atoms with van der Waals surface area (Å²) in [6.45, 7) is 10.2. The van der Waals surface area contributed by atoms with Gasteiger partial charge < -0.3 is 10.2 Å². The van der Waals surface area contributed by atoms with Gasteiger partial charge in [0.25, 0.3) is 0 Å². The van der Waals surface area contributed by atoms with Gasteiger partial charge in [-0.3, -0.25) is 5.43 Å². The van der Waals surface area contributed by atoms with Crippen LogP contribution in [-0.4, -0.2) is 23.4 Å². The summed E-state index contributed by atoms with van der Waals surface area (Å²) < 4.78 is 0. The number of thiocarbonyl (C=S) groups is 1. The maximum absolute atomic E-state index is 5.28. The Labute approximate surface area is 167 Å². The second kappa shape index (κ2) is 8.09. The van der Waals surface area contributed by atoms with E-state index in [2.05, 4.69) is 66.6 Å². The fraction of sp³-hybridized carbons (Fsp3) is 0.364. The molecule has 0 fully saturated rings. The lowest BCUT2D eigenvalue weighted by Crippen LogP contribution is -2.48. The highest BCUT2D eigenvalue weighted by Gasteiger charge is 2.35. The summed E-state index contributed by atoms with van der Waals surface area (Å²) in [6, 6.07) is 16.4. The van der Waals surface area contributed by atoms with Crippen LogP contribution in [-0.2, 0) is 0 Å². The molecule has 2 aromatic carbocycles. The standard InChI is InChI=1S/C22H28N4S/c1-5-26-20-12-11-17(13-19(20)16(2)14-22(26,3)4)15-23-25-21(27)24-18-9-7-6-8-10-18/h6-13,15-16H,5,14H2,1-4H3,(H2,24,25,27)/b23-15+/t16-/m0/s1. The highest BCUT2D eigenvalue weighted by atomic mass is 32.1. The third-order valence-electron chi connectivity index (χ3n) is 5.14. The largest absolute Gasteiger partial charge is 0.366 e. The van der Waals surface area contributed by atoms with Gasteiger partial charge in [0.1, 0.15) is 0 Å². The maximum Gasteiger partial charge on any atom is 0.191 e. The van der Waals surface area contributed by atoms with Gasteiger partial charge in [0.2, 0.25) is 0 Å². The van der Waals surface area contributed by atoms with Crippen molar-refractivity contribution in [2.75, 3.05) is 16.8 Å². The summed E-state index contributed by atoms with van der Waals surface area (Å²) in [5.74, 6) is 0.528. The zero-order valence-electron chi connectivity index (χ0n) is 16.5. The molecule has 0 spiro atoms. The zero-order valence-corrected chi connectivity index (χ0v) is 17.3. The number of hydrazone groups is 1. The first-order valence-corrected chi connectivity index (χ1v) is 9.88. The molecule has 1 heterocycles. The first-order chi connectivity index (χ1) is 12.9. The van der Waals surface area contributed by atoms with Crippen LogP contribution in [0.4, 0.5) is 11.4 Å². The molecule has 2 N–H and O–H groups in total. The molecule has 0 saturated carbocycles. The number of anilines is 2. The predicted octanol–water partition coefficient (Wildman–Crippen LogP) is 5.12. The smallest absolute Gasteiger partial charge is 0.191 e. The molecule has 1 aliphatic rings. The number of benzene rings is 2. The molecule has 3 rings (SSSR count). The van der Waals surface area contributed by atoms with Gasteiger partial charge in [-0.25, -0.2) is 0 Å². The molecule has 2 aromatic rings. The van der Waals surface area contributed by atoms with Crippen LogP contribution >= 0.6 is 12.2 Å². The average molecular weight is 381 g/mol. The molecule has 27 heavy (non-hydrogen) atoms. The Bertz CT molecular complexity index is 829. The van der Waals surface area contributed by atoms with Crippen LogP contribution in [0.2, 0.25) is 0 Å². The van der Waals surface area contributed by atoms with E-state index in [0.29, 0.717) is 11.0 Å². The zero-order chi connectivity index (χ0) is 19.4. The minimum absolute atomic E-state index is 0.188. The Morgan fingerprint density at radius 2 is 2.00 bits per heavy atom. The lowest BCUT2D eigenvalue weighted by molar-refractivity contribution is 0.381. The molecule has 0 radical (unpaired) electrons. The number of hydrogen-bond acceptors (Lipinski definition) is 3. The molecule has 1 atom stereocenters. The molecule has 5 heteroatoms. The van der Waals surface area contributed by atoms with Gasteiger partial charge in [0, 0.05) is 23.5 Å². The van der Waals surface area contributed by atoms with Crippen molar-refractivity contribution >= 4 is 34.9 Å². The molecule has 1 aliphatic heterocycles. The van der Waals surface area contributed by atoms with Crippen molar-refractivity contribution in [1.29, 1.82) is 0 Å². The molecule has 0 unspecified atom stereocenters. The van der Waals surface area contributed by atoms with Gasteiger partial charge in [-0.1, -0.05) is 31.2 Å². The third-order valence-corrected chi connectivity index (χ3v) is 5.33. The van der Waals surface area contributed by atoms with Crippen molar-refractivity contribution in [3.63, 3.8) is 0 Å². The Kier molecular flexibility index (Phi) is 5.80. The number of nitrogens with zero attached hydrogens (tertiary/aromatic N) is 2. The molecule has 142 valence electrons. The fourth-order valence-corrected chi connectivity index (χ4v) is 4.20. The van der Waals surface area contributed by atoms with Gasteiger partial charge in [-0.15, -0.1) is 0 Å². The highest BCUT2D eigenvalue weighted by Crippen LogP contribution is 2.43. The van der Waals surface area contributed by atoms with Crippen molar-refractivity contribution in [3.8, 4) is 0 Å². The van der Waals surface area contributed by atoms with Crippen LogP contribution in [0.3, 0.4) is 0 Å². The van der Waals surface area contributed by atoms with E-state index >= 15 is 0 Å². The molecular formula is C22H28N4S. The molecule has 0 aromatic heterocycles. The molecule has 0 aliphatic carbocycles. The minimum Gasteiger partial charge on any atom is -0.366 e. The SMILES string of the molecule is CCN1c2ccc(/C=N/NC(=S)Nc3ccccc3)cc2[C@@H](C)CC1(C)C. The van der Waals surface area contributed by atoms with E-state index in [1.807, 2.05) is 36.5 Å². The van der Waals surface area contributed by atoms with Crippen molar-refractivity contribution in [2.24, 2.45) is 5.10 Å². The average Bonchev–Trinajstić information content (AvgIpc) is 2.62. The second-order valence-corrected chi connectivity index (χ2v) is 8.08. The molecular weight excluding hydrogens is 352 g/mol. The van der Waals surface area contributed by atoms with E-state index in [0.717, 1.165) is 24.2 Å². The van der Waals surface area contributed by atoms with Crippen LogP contribution in [0.1, 0.15) is 51.2 Å². The van der Waals surface area contributed by atoms with E-state index in [4.69, 9.17) is 12.2 Å². The maximum atomic E-state index is 5.28. The van der Waals surface area contributed by atoms with E-state index in [9.17, 15) is 0 Å². The summed E-state index contributed by atoms with van der Waals surface area (Å²) in [5, 5.41) is 7.87. The van der Waals surface area contributed by atoms with E-state index in [1.54, 1.807) is 0 Å². The number of para-hydroxylation sites is 1. The molecule has 0 saturated heterocycles. The third kappa shape index (κ3) is 4.48. The number of rotatable bonds is 4. The summed E-state index contributed by atoms with van der Waals surface area (Å²) in [5.41, 5.74) is 7.82. The van der Waals surface area contributed by atoms with Gasteiger partial charge in [-0.05, 0) is 80.7 Å². The molecule has 4 nitrogen and oxygen atoms in total. The quantitative estimate of drug-likeness (QED) is 0.439. The van der Waals surface area contributed by atoms with E-state index in [1.165, 1.54) is 11.3 Å². The lowest BCUT2D eigenvalue weighted by atomic mass is 9.79. The number of hydrogen-bond donors (Lipinski definition) is 2. The second-order valence-electron chi connectivity index (χ2n) is 7.67. The lowest BCUT2D eigenvalue weighted by Gasteiger charge is -2.47. The molecule has 0 bridgehead atoms. The van der Waals surface area contributed by atoms with Gasteiger partial charge in [-0.2, -0.15) is 5.10 Å². The summed E-state index contributed by atoms with van der Waals surface area (Å²) in [6.07, 6.45) is 2.97. The van der Waals surface area contributed by atoms with Crippen molar-refractivity contribution in [2.45, 2.75) is 45.6 Å². The van der Waals surface area contributed by atoms with Crippen molar-refractivity contribution < 1.29 is 0 Å². The minimum atomic E-state index is 0.188. The molecule has 0 amide bonds. The number of nitrogens with one attached hydrogen (secondary N) is 2. The Balaban J connectivity index is 1.69. The Morgan fingerprint density at radius 1 is 1.26 bits per heavy atom. The van der Waals surface area contributed by atoms with Crippen LogP contribution in [0, 0.1) is 0 Å². The highest BCUT2D eigenvalue weighted by molar-refractivity contribution is 7.80. The van der Waals surface area contributed by atoms with Crippen LogP contribution in [0.25, 0.3) is 0 Å². The van der Waals surface area contributed by atoms with Crippen LogP contribution in [0.5, 0.6) is 0 Å². The first-order valence-electron chi connectivity index (χ1n) is 9.47. The Hall–Kier alpha value is -2.40. The monoisotopic (exact) mass is 380 g/mol. The van der Waals surface area contributed by atoms with E-state index in [-0.39, 0.29) is 5.54 Å². The van der Waals surface area contributed by atoms with Crippen molar-refractivity contribution in [3.05, 3.63) is 59.7 Å². The Morgan fingerprint density at radius 3 is 2.70 bits per heavy atom. The van der Waals surface area contributed by atoms with Crippen LogP contribution in [0.15, 0.2) is 53.6 Å². The van der Waals surface area contributed by atoms with Gasteiger partial charge in [0.15, 0.2) is 5.11 Å². The fourth-order valence-electron chi connectivity index (χ4n) is 4.03. The summed E-state index contributed by atoms with van der Waals surface area (Å²) in [4.78, 5) is 2.50. The van der Waals surface area contributed by atoms with Gasteiger partial charge in [0.05, 0.1) is 6.21 Å². The first kappa shape index (κ1) is 19.4. The van der Waals surface area contributed by atoms with Crippen LogP contribution < -0.4 is 15.6 Å². The topological polar surface area (TPSA) is 39.7 Å². The summed E-state index contributed by atoms with van der Waals surface area (Å²) >= 11 is 5.28. The predicted molar refractivity (Wildman–Crippen MR) is 120 cm³/mol. The summed E-state index contributed by atoms with van der Waals surface area (Å²) in [7, 11) is 0. The number of fused-ring (bicyclic) bond motifs is 1. The van der Waals surface area contributed by atoms with Gasteiger partial charge >= 0.3 is 0 Å².